The van der Waals surface area contributed by atoms with Gasteiger partial charge in [-0.25, -0.2) is 14.5 Å². The first-order valence-corrected chi connectivity index (χ1v) is 4.27. The quantitative estimate of drug-likeness (QED) is 0.234. The number of nitrogens with zero attached hydrogens (tertiary/aromatic N) is 1. The average molecular weight is 231 g/mol. The highest BCUT2D eigenvalue weighted by Gasteiger charge is 2.14. The van der Waals surface area contributed by atoms with E-state index in [9.17, 15) is 19.2 Å². The number of nitrogens with one attached hydrogen (secondary N) is 4. The van der Waals surface area contributed by atoms with Crippen LogP contribution in [0.15, 0.2) is 0 Å². The van der Waals surface area contributed by atoms with E-state index in [1.165, 1.54) is 7.05 Å². The molecule has 4 N–H and O–H groups in total. The van der Waals surface area contributed by atoms with Gasteiger partial charge in [0.15, 0.2) is 0 Å². The molecule has 0 fully saturated rings. The summed E-state index contributed by atoms with van der Waals surface area (Å²) in [6, 6.07) is -1.36. The number of hydrogen-bond acceptors (Lipinski definition) is 4. The minimum atomic E-state index is -0.682. The number of hydrogen-bond donors (Lipinski definition) is 4. The molecule has 6 amide bonds. The third-order valence-corrected chi connectivity index (χ3v) is 1.46. The minimum Gasteiger partial charge on any atom is -0.341 e. The zero-order valence-corrected chi connectivity index (χ0v) is 8.65. The third-order valence-electron chi connectivity index (χ3n) is 1.46. The van der Waals surface area contributed by atoms with Crippen LogP contribution in [-0.2, 0) is 9.59 Å². The molecule has 0 unspecified atom stereocenters. The Hall–Kier alpha value is -2.32. The maximum Gasteiger partial charge on any atom is 0.326 e. The van der Waals surface area contributed by atoms with Crippen LogP contribution in [0.4, 0.5) is 9.59 Å². The highest BCUT2D eigenvalue weighted by molar-refractivity contribution is 5.93. The van der Waals surface area contributed by atoms with E-state index in [2.05, 4.69) is 21.3 Å². The van der Waals surface area contributed by atoms with Crippen molar-refractivity contribution in [2.45, 2.75) is 0 Å². The van der Waals surface area contributed by atoms with E-state index < -0.39 is 12.1 Å². The fourth-order valence-corrected chi connectivity index (χ4v) is 0.666. The van der Waals surface area contributed by atoms with Gasteiger partial charge in [0.25, 0.3) is 0 Å². The molecule has 0 spiro atoms. The van der Waals surface area contributed by atoms with Crippen LogP contribution in [0.3, 0.4) is 0 Å². The SMILES string of the molecule is CN(C(=O)NCNC=O)C(=O)NCNC=O. The van der Waals surface area contributed by atoms with Crippen LogP contribution in [0, 0.1) is 0 Å². The number of imide groups is 1. The lowest BCUT2D eigenvalue weighted by Crippen LogP contribution is -2.49. The Bertz CT molecular complexity index is 244. The lowest BCUT2D eigenvalue weighted by molar-refractivity contribution is -0.110. The summed E-state index contributed by atoms with van der Waals surface area (Å²) in [5.41, 5.74) is 0. The van der Waals surface area contributed by atoms with Crippen molar-refractivity contribution in [1.29, 1.82) is 0 Å². The van der Waals surface area contributed by atoms with Crippen LogP contribution >= 0.6 is 0 Å². The summed E-state index contributed by atoms with van der Waals surface area (Å²) in [4.78, 5) is 42.9. The molecule has 0 aliphatic rings. The first-order chi connectivity index (χ1) is 7.63. The number of carbonyl (C=O) groups is 4. The Labute approximate surface area is 91.5 Å². The van der Waals surface area contributed by atoms with Crippen LogP contribution in [-0.4, -0.2) is 50.2 Å². The lowest BCUT2D eigenvalue weighted by atomic mass is 10.7. The largest absolute Gasteiger partial charge is 0.341 e. The number of carbonyl (C=O) groups excluding carboxylic acids is 4. The van der Waals surface area contributed by atoms with Gasteiger partial charge in [-0.3, -0.25) is 9.59 Å². The number of urea groups is 2. The number of rotatable bonds is 6. The second kappa shape index (κ2) is 8.03. The molecule has 0 saturated heterocycles. The minimum absolute atomic E-state index is 0.0768. The summed E-state index contributed by atoms with van der Waals surface area (Å²) in [6.07, 6.45) is 0.822. The summed E-state index contributed by atoms with van der Waals surface area (Å²) in [5, 5.41) is 8.89. The van der Waals surface area contributed by atoms with Gasteiger partial charge in [-0.15, -0.1) is 0 Å². The molecular formula is C7H13N5O4. The van der Waals surface area contributed by atoms with Crippen molar-refractivity contribution < 1.29 is 19.2 Å². The lowest BCUT2D eigenvalue weighted by Gasteiger charge is -2.16. The predicted octanol–water partition coefficient (Wildman–Crippen LogP) is -2.26. The van der Waals surface area contributed by atoms with E-state index in [0.717, 1.165) is 4.90 Å². The van der Waals surface area contributed by atoms with Gasteiger partial charge < -0.3 is 21.3 Å². The first kappa shape index (κ1) is 13.7. The first-order valence-electron chi connectivity index (χ1n) is 4.27. The second-order valence-corrected chi connectivity index (χ2v) is 2.52. The fourth-order valence-electron chi connectivity index (χ4n) is 0.666. The van der Waals surface area contributed by atoms with Gasteiger partial charge in [0.05, 0.1) is 13.3 Å². The van der Waals surface area contributed by atoms with Gasteiger partial charge in [0.2, 0.25) is 12.8 Å². The van der Waals surface area contributed by atoms with Gasteiger partial charge in [-0.2, -0.15) is 0 Å². The molecule has 0 rings (SSSR count). The molecule has 0 aromatic heterocycles. The molecule has 9 heteroatoms. The van der Waals surface area contributed by atoms with Crippen molar-refractivity contribution in [3.05, 3.63) is 0 Å². The van der Waals surface area contributed by atoms with Crippen molar-refractivity contribution in [3.63, 3.8) is 0 Å². The van der Waals surface area contributed by atoms with Crippen LogP contribution in [0.5, 0.6) is 0 Å². The molecule has 16 heavy (non-hydrogen) atoms. The van der Waals surface area contributed by atoms with E-state index in [1.54, 1.807) is 0 Å². The van der Waals surface area contributed by atoms with Crippen molar-refractivity contribution in [2.24, 2.45) is 0 Å². The second-order valence-electron chi connectivity index (χ2n) is 2.52. The van der Waals surface area contributed by atoms with E-state index in [0.29, 0.717) is 12.8 Å². The smallest absolute Gasteiger partial charge is 0.326 e. The zero-order valence-electron chi connectivity index (χ0n) is 8.65. The van der Waals surface area contributed by atoms with Crippen LogP contribution < -0.4 is 21.3 Å². The summed E-state index contributed by atoms with van der Waals surface area (Å²) >= 11 is 0. The maximum absolute atomic E-state index is 11.2. The van der Waals surface area contributed by atoms with Crippen molar-refractivity contribution >= 4 is 24.9 Å². The third kappa shape index (κ3) is 5.42. The van der Waals surface area contributed by atoms with Gasteiger partial charge in [-0.05, 0) is 0 Å². The Morgan fingerprint density at radius 1 is 1.00 bits per heavy atom. The average Bonchev–Trinajstić information content (AvgIpc) is 2.28. The number of amides is 6. The van der Waals surface area contributed by atoms with Crippen LogP contribution in [0.2, 0.25) is 0 Å². The van der Waals surface area contributed by atoms with Gasteiger partial charge in [0, 0.05) is 7.05 Å². The van der Waals surface area contributed by atoms with Crippen LogP contribution in [0.25, 0.3) is 0 Å². The molecule has 0 aliphatic carbocycles. The van der Waals surface area contributed by atoms with Gasteiger partial charge in [-0.1, -0.05) is 0 Å². The fraction of sp³-hybridized carbons (Fsp3) is 0.429. The zero-order chi connectivity index (χ0) is 12.4. The predicted molar refractivity (Wildman–Crippen MR) is 53.0 cm³/mol. The highest BCUT2D eigenvalue weighted by atomic mass is 16.2. The van der Waals surface area contributed by atoms with Crippen LogP contribution in [0.1, 0.15) is 0 Å². The molecular weight excluding hydrogens is 218 g/mol. The Morgan fingerprint density at radius 3 is 1.69 bits per heavy atom. The van der Waals surface area contributed by atoms with Gasteiger partial charge in [0.1, 0.15) is 0 Å². The van der Waals surface area contributed by atoms with E-state index in [-0.39, 0.29) is 13.3 Å². The Morgan fingerprint density at radius 2 is 1.38 bits per heavy atom. The monoisotopic (exact) mass is 231 g/mol. The van der Waals surface area contributed by atoms with E-state index in [1.807, 2.05) is 0 Å². The molecule has 0 aromatic rings. The van der Waals surface area contributed by atoms with Crippen molar-refractivity contribution in [2.75, 3.05) is 20.4 Å². The summed E-state index contributed by atoms with van der Waals surface area (Å²) in [7, 11) is 1.24. The standard InChI is InChI=1S/C7H13N5O4/c1-12(6(15)10-2-8-4-13)7(16)11-3-9-5-14/h4-5H,2-3H2,1H3,(H,8,13)(H,9,14)(H,10,15)(H,11,16). The summed E-state index contributed by atoms with van der Waals surface area (Å²) < 4.78 is 0. The maximum atomic E-state index is 11.2. The molecule has 0 saturated carbocycles. The topological polar surface area (TPSA) is 120 Å². The Kier molecular flexibility index (Phi) is 6.86. The molecule has 0 atom stereocenters. The van der Waals surface area contributed by atoms with Crippen molar-refractivity contribution in [1.82, 2.24) is 26.2 Å². The Balaban J connectivity index is 3.86. The van der Waals surface area contributed by atoms with E-state index >= 15 is 0 Å². The molecule has 90 valence electrons. The summed E-state index contributed by atoms with van der Waals surface area (Å²) in [6.45, 7) is -0.154. The van der Waals surface area contributed by atoms with Gasteiger partial charge >= 0.3 is 12.1 Å². The molecule has 9 nitrogen and oxygen atoms in total. The molecule has 0 heterocycles. The molecule has 0 radical (unpaired) electrons. The highest BCUT2D eigenvalue weighted by Crippen LogP contribution is 1.84. The van der Waals surface area contributed by atoms with Crippen molar-refractivity contribution in [3.8, 4) is 0 Å². The normalized spacial score (nSPS) is 8.56. The summed E-state index contributed by atoms with van der Waals surface area (Å²) in [5.74, 6) is 0. The molecule has 0 aromatic carbocycles. The van der Waals surface area contributed by atoms with E-state index in [4.69, 9.17) is 0 Å². The molecule has 0 bridgehead atoms. The molecule has 0 aliphatic heterocycles.